The Bertz CT molecular complexity index is 1100. The number of piperazine rings is 1. The summed E-state index contributed by atoms with van der Waals surface area (Å²) in [6.45, 7) is 2.41. The van der Waals surface area contributed by atoms with Gasteiger partial charge in [0.05, 0.1) is 23.4 Å². The van der Waals surface area contributed by atoms with Crippen molar-refractivity contribution >= 4 is 27.1 Å². The Labute approximate surface area is 171 Å². The Balaban J connectivity index is 1.52. The Kier molecular flexibility index (Phi) is 5.34. The van der Waals surface area contributed by atoms with Crippen LogP contribution in [0.3, 0.4) is 0 Å². The van der Waals surface area contributed by atoms with Crippen molar-refractivity contribution in [2.24, 2.45) is 0 Å². The number of hydrogen-bond donors (Lipinski definition) is 0. The highest BCUT2D eigenvalue weighted by molar-refractivity contribution is 7.91. The first kappa shape index (κ1) is 20.2. The largest absolute Gasteiger partial charge is 0.366 e. The third-order valence-electron chi connectivity index (χ3n) is 5.42. The SMILES string of the molecule is O=c1c(Cl)c(N2CCN(C3CCS(=O)(=O)C3)CC2)cnn1-c1ccc(F)cc1F. The highest BCUT2D eigenvalue weighted by Crippen LogP contribution is 2.25. The van der Waals surface area contributed by atoms with E-state index in [0.717, 1.165) is 16.8 Å². The van der Waals surface area contributed by atoms with Crippen LogP contribution < -0.4 is 10.5 Å². The summed E-state index contributed by atoms with van der Waals surface area (Å²) in [6.07, 6.45) is 2.03. The maximum absolute atomic E-state index is 14.0. The fraction of sp³-hybridized carbons (Fsp3) is 0.444. The fourth-order valence-corrected chi connectivity index (χ4v) is 5.87. The number of anilines is 1. The highest BCUT2D eigenvalue weighted by Gasteiger charge is 2.34. The Morgan fingerprint density at radius 3 is 2.45 bits per heavy atom. The molecule has 156 valence electrons. The number of hydrogen-bond acceptors (Lipinski definition) is 6. The molecule has 1 aromatic heterocycles. The van der Waals surface area contributed by atoms with E-state index in [2.05, 4.69) is 10.00 Å². The number of benzene rings is 1. The van der Waals surface area contributed by atoms with E-state index in [1.807, 2.05) is 4.90 Å². The van der Waals surface area contributed by atoms with Gasteiger partial charge in [-0.05, 0) is 18.6 Å². The molecule has 11 heteroatoms. The van der Waals surface area contributed by atoms with Gasteiger partial charge in [-0.3, -0.25) is 9.69 Å². The molecular formula is C18H19ClF2N4O3S. The summed E-state index contributed by atoms with van der Waals surface area (Å²) in [5, 5.41) is 3.92. The van der Waals surface area contributed by atoms with Gasteiger partial charge >= 0.3 is 0 Å². The van der Waals surface area contributed by atoms with Crippen LogP contribution in [0.1, 0.15) is 6.42 Å². The van der Waals surface area contributed by atoms with E-state index in [1.165, 1.54) is 6.20 Å². The van der Waals surface area contributed by atoms with Crippen molar-refractivity contribution in [3.8, 4) is 5.69 Å². The first-order valence-electron chi connectivity index (χ1n) is 9.18. The molecule has 0 N–H and O–H groups in total. The van der Waals surface area contributed by atoms with E-state index in [9.17, 15) is 22.0 Å². The Morgan fingerprint density at radius 2 is 1.83 bits per heavy atom. The smallest absolute Gasteiger partial charge is 0.292 e. The van der Waals surface area contributed by atoms with Crippen LogP contribution in [0, 0.1) is 11.6 Å². The lowest BCUT2D eigenvalue weighted by molar-refractivity contribution is 0.200. The second-order valence-corrected chi connectivity index (χ2v) is 9.84. The summed E-state index contributed by atoms with van der Waals surface area (Å²) in [4.78, 5) is 16.7. The van der Waals surface area contributed by atoms with Crippen molar-refractivity contribution in [1.82, 2.24) is 14.7 Å². The zero-order valence-electron chi connectivity index (χ0n) is 15.4. The molecule has 0 aliphatic carbocycles. The minimum absolute atomic E-state index is 0.0326. The van der Waals surface area contributed by atoms with Gasteiger partial charge in [0.15, 0.2) is 15.7 Å². The van der Waals surface area contributed by atoms with Gasteiger partial charge < -0.3 is 4.90 Å². The van der Waals surface area contributed by atoms with Crippen LogP contribution in [0.15, 0.2) is 29.2 Å². The lowest BCUT2D eigenvalue weighted by atomic mass is 10.2. The van der Waals surface area contributed by atoms with E-state index in [-0.39, 0.29) is 28.3 Å². The second-order valence-electron chi connectivity index (χ2n) is 7.24. The van der Waals surface area contributed by atoms with Gasteiger partial charge in [0.1, 0.15) is 16.5 Å². The third kappa shape index (κ3) is 4.01. The molecule has 1 atom stereocenters. The monoisotopic (exact) mass is 444 g/mol. The van der Waals surface area contributed by atoms with Crippen LogP contribution in [0.2, 0.25) is 5.02 Å². The zero-order valence-corrected chi connectivity index (χ0v) is 17.0. The van der Waals surface area contributed by atoms with Crippen LogP contribution >= 0.6 is 11.6 Å². The summed E-state index contributed by atoms with van der Waals surface area (Å²) in [6, 6.07) is 2.87. The minimum atomic E-state index is -2.94. The van der Waals surface area contributed by atoms with Gasteiger partial charge in [-0.25, -0.2) is 17.2 Å². The molecule has 1 unspecified atom stereocenters. The predicted molar refractivity (Wildman–Crippen MR) is 106 cm³/mol. The van der Waals surface area contributed by atoms with Crippen LogP contribution in [-0.4, -0.2) is 66.8 Å². The van der Waals surface area contributed by atoms with E-state index in [0.29, 0.717) is 44.4 Å². The van der Waals surface area contributed by atoms with Crippen molar-refractivity contribution in [3.63, 3.8) is 0 Å². The van der Waals surface area contributed by atoms with Crippen LogP contribution in [0.25, 0.3) is 5.69 Å². The molecule has 1 aromatic carbocycles. The maximum atomic E-state index is 14.0. The van der Waals surface area contributed by atoms with Gasteiger partial charge in [0.25, 0.3) is 5.56 Å². The van der Waals surface area contributed by atoms with Crippen molar-refractivity contribution in [2.45, 2.75) is 12.5 Å². The highest BCUT2D eigenvalue weighted by atomic mass is 35.5. The molecule has 2 aliphatic heterocycles. The lowest BCUT2D eigenvalue weighted by Crippen LogP contribution is -2.51. The molecule has 0 spiro atoms. The lowest BCUT2D eigenvalue weighted by Gasteiger charge is -2.38. The van der Waals surface area contributed by atoms with E-state index in [1.54, 1.807) is 0 Å². The van der Waals surface area contributed by atoms with Crippen molar-refractivity contribution in [2.75, 3.05) is 42.6 Å². The number of rotatable bonds is 3. The van der Waals surface area contributed by atoms with Gasteiger partial charge in [-0.2, -0.15) is 9.78 Å². The number of halogens is 3. The summed E-state index contributed by atoms with van der Waals surface area (Å²) >= 11 is 6.26. The van der Waals surface area contributed by atoms with E-state index >= 15 is 0 Å². The molecule has 3 heterocycles. The van der Waals surface area contributed by atoms with Gasteiger partial charge in [0, 0.05) is 38.3 Å². The molecular weight excluding hydrogens is 426 g/mol. The summed E-state index contributed by atoms with van der Waals surface area (Å²) in [5.41, 5.74) is -0.440. The molecule has 0 saturated carbocycles. The number of aromatic nitrogens is 2. The average molecular weight is 445 g/mol. The molecule has 2 aromatic rings. The molecule has 0 radical (unpaired) electrons. The first-order valence-corrected chi connectivity index (χ1v) is 11.4. The summed E-state index contributed by atoms with van der Waals surface area (Å²) < 4.78 is 51.3. The molecule has 7 nitrogen and oxygen atoms in total. The van der Waals surface area contributed by atoms with Crippen molar-refractivity contribution in [3.05, 3.63) is 51.4 Å². The molecule has 2 fully saturated rings. The molecule has 2 saturated heterocycles. The van der Waals surface area contributed by atoms with Crippen molar-refractivity contribution < 1.29 is 17.2 Å². The second kappa shape index (κ2) is 7.66. The topological polar surface area (TPSA) is 75.5 Å². The van der Waals surface area contributed by atoms with Crippen LogP contribution in [0.4, 0.5) is 14.5 Å². The molecule has 0 amide bonds. The number of nitrogens with zero attached hydrogens (tertiary/aromatic N) is 4. The summed E-state index contributed by atoms with van der Waals surface area (Å²) in [7, 11) is -2.94. The average Bonchev–Trinajstić information content (AvgIpc) is 3.05. The Morgan fingerprint density at radius 1 is 1.10 bits per heavy atom. The third-order valence-corrected chi connectivity index (χ3v) is 7.52. The minimum Gasteiger partial charge on any atom is -0.366 e. The summed E-state index contributed by atoms with van der Waals surface area (Å²) in [5.74, 6) is -1.25. The fourth-order valence-electron chi connectivity index (χ4n) is 3.86. The molecule has 2 aliphatic rings. The molecule has 29 heavy (non-hydrogen) atoms. The maximum Gasteiger partial charge on any atom is 0.292 e. The normalized spacial score (nSPS) is 22.2. The van der Waals surface area contributed by atoms with Gasteiger partial charge in [0.2, 0.25) is 0 Å². The van der Waals surface area contributed by atoms with Crippen LogP contribution in [0.5, 0.6) is 0 Å². The zero-order chi connectivity index (χ0) is 20.8. The number of sulfone groups is 1. The Hall–Kier alpha value is -2.04. The quantitative estimate of drug-likeness (QED) is 0.713. The van der Waals surface area contributed by atoms with E-state index < -0.39 is 27.0 Å². The van der Waals surface area contributed by atoms with Gasteiger partial charge in [-0.1, -0.05) is 11.6 Å². The predicted octanol–water partition coefficient (Wildman–Crippen LogP) is 1.47. The van der Waals surface area contributed by atoms with E-state index in [4.69, 9.17) is 11.6 Å². The van der Waals surface area contributed by atoms with Crippen molar-refractivity contribution in [1.29, 1.82) is 0 Å². The van der Waals surface area contributed by atoms with Crippen LogP contribution in [-0.2, 0) is 9.84 Å². The molecule has 0 bridgehead atoms. The first-order chi connectivity index (χ1) is 13.7. The van der Waals surface area contributed by atoms with Gasteiger partial charge in [-0.15, -0.1) is 0 Å². The standard InChI is InChI=1S/C18H19ClF2N4O3S/c19-17-16(10-22-25(18(17)26)15-2-1-12(20)9-14(15)21)24-6-4-23(5-7-24)13-3-8-29(27,28)11-13/h1-2,9-10,13H,3-8,11H2. The molecule has 4 rings (SSSR count).